The summed E-state index contributed by atoms with van der Waals surface area (Å²) in [4.78, 5) is 26.1. The van der Waals surface area contributed by atoms with E-state index in [2.05, 4.69) is 12.2 Å². The minimum atomic E-state index is -0.222. The van der Waals surface area contributed by atoms with Crippen LogP contribution in [-0.4, -0.2) is 42.9 Å². The Kier molecular flexibility index (Phi) is 5.02. The quantitative estimate of drug-likeness (QED) is 0.803. The molecule has 0 spiro atoms. The number of rotatable bonds is 4. The predicted octanol–water partition coefficient (Wildman–Crippen LogP) is 0.880. The lowest BCUT2D eigenvalue weighted by molar-refractivity contribution is -0.146. The lowest BCUT2D eigenvalue weighted by Gasteiger charge is -2.42. The smallest absolute Gasteiger partial charge is 0.230 e. The Morgan fingerprint density at radius 1 is 1.35 bits per heavy atom. The van der Waals surface area contributed by atoms with Crippen LogP contribution in [0.15, 0.2) is 0 Å². The number of hydrogen-bond donors (Lipinski definition) is 2. The van der Waals surface area contributed by atoms with E-state index in [9.17, 15) is 9.59 Å². The zero-order valence-electron chi connectivity index (χ0n) is 12.5. The third-order valence-electron chi connectivity index (χ3n) is 4.84. The van der Waals surface area contributed by atoms with Crippen molar-refractivity contribution >= 4 is 11.8 Å². The van der Waals surface area contributed by atoms with Crippen LogP contribution < -0.4 is 11.1 Å². The molecule has 2 saturated heterocycles. The number of primary amides is 1. The molecule has 5 nitrogen and oxygen atoms in total. The fourth-order valence-electron chi connectivity index (χ4n) is 3.65. The van der Waals surface area contributed by atoms with Crippen LogP contribution in [0.3, 0.4) is 0 Å². The van der Waals surface area contributed by atoms with Crippen molar-refractivity contribution in [3.05, 3.63) is 0 Å². The fraction of sp³-hybridized carbons (Fsp3) is 0.867. The molecule has 2 rings (SSSR count). The zero-order chi connectivity index (χ0) is 14.6. The molecule has 5 heteroatoms. The molecular formula is C15H27N3O2. The average molecular weight is 281 g/mol. The number of nitrogens with zero attached hydrogens (tertiary/aromatic N) is 1. The predicted molar refractivity (Wildman–Crippen MR) is 77.9 cm³/mol. The van der Waals surface area contributed by atoms with Gasteiger partial charge in [0, 0.05) is 25.6 Å². The molecule has 2 heterocycles. The Bertz CT molecular complexity index is 351. The van der Waals surface area contributed by atoms with Gasteiger partial charge in [0.05, 0.1) is 5.41 Å². The highest BCUT2D eigenvalue weighted by Crippen LogP contribution is 2.35. The van der Waals surface area contributed by atoms with E-state index in [0.29, 0.717) is 13.1 Å². The molecule has 3 N–H and O–H groups in total. The Morgan fingerprint density at radius 3 is 2.55 bits per heavy atom. The molecule has 0 aromatic heterocycles. The van der Waals surface area contributed by atoms with Crippen molar-refractivity contribution in [2.45, 2.75) is 45.4 Å². The maximum Gasteiger partial charge on any atom is 0.230 e. The molecule has 20 heavy (non-hydrogen) atoms. The van der Waals surface area contributed by atoms with Crippen LogP contribution in [0.5, 0.6) is 0 Å². The normalized spacial score (nSPS) is 28.4. The molecule has 2 aliphatic heterocycles. The van der Waals surface area contributed by atoms with E-state index in [1.54, 1.807) is 0 Å². The van der Waals surface area contributed by atoms with Crippen LogP contribution in [0.4, 0.5) is 0 Å². The zero-order valence-corrected chi connectivity index (χ0v) is 12.5. The topological polar surface area (TPSA) is 75.4 Å². The summed E-state index contributed by atoms with van der Waals surface area (Å²) in [6, 6.07) is 0. The first-order chi connectivity index (χ1) is 9.59. The summed E-state index contributed by atoms with van der Waals surface area (Å²) in [7, 11) is 0. The molecule has 0 aliphatic carbocycles. The SMILES string of the molecule is CCCC1(C(=O)N2CCC(C(N)=O)CC2)CCCNC1. The fourth-order valence-corrected chi connectivity index (χ4v) is 3.65. The van der Waals surface area contributed by atoms with Gasteiger partial charge in [-0.25, -0.2) is 0 Å². The average Bonchev–Trinajstić information content (AvgIpc) is 2.48. The molecule has 114 valence electrons. The van der Waals surface area contributed by atoms with Gasteiger partial charge < -0.3 is 16.0 Å². The number of nitrogens with one attached hydrogen (secondary N) is 1. The Labute approximate surface area is 121 Å². The minimum absolute atomic E-state index is 0.0503. The number of nitrogens with two attached hydrogens (primary N) is 1. The lowest BCUT2D eigenvalue weighted by Crippen LogP contribution is -2.54. The van der Waals surface area contributed by atoms with Gasteiger partial charge in [-0.15, -0.1) is 0 Å². The second-order valence-electron chi connectivity index (χ2n) is 6.28. The largest absolute Gasteiger partial charge is 0.369 e. The molecule has 2 fully saturated rings. The highest BCUT2D eigenvalue weighted by Gasteiger charge is 2.42. The maximum atomic E-state index is 12.9. The van der Waals surface area contributed by atoms with Crippen molar-refractivity contribution in [1.82, 2.24) is 10.2 Å². The summed E-state index contributed by atoms with van der Waals surface area (Å²) in [6.45, 7) is 5.32. The second-order valence-corrected chi connectivity index (χ2v) is 6.28. The van der Waals surface area contributed by atoms with E-state index in [0.717, 1.165) is 51.6 Å². The van der Waals surface area contributed by atoms with E-state index in [1.807, 2.05) is 4.90 Å². The van der Waals surface area contributed by atoms with Crippen molar-refractivity contribution in [3.63, 3.8) is 0 Å². The summed E-state index contributed by atoms with van der Waals surface area (Å²) >= 11 is 0. The summed E-state index contributed by atoms with van der Waals surface area (Å²) in [5.41, 5.74) is 5.14. The van der Waals surface area contributed by atoms with Crippen LogP contribution in [0, 0.1) is 11.3 Å². The van der Waals surface area contributed by atoms with Gasteiger partial charge in [0.2, 0.25) is 11.8 Å². The molecule has 0 bridgehead atoms. The Hall–Kier alpha value is -1.10. The lowest BCUT2D eigenvalue weighted by atomic mass is 9.75. The van der Waals surface area contributed by atoms with Crippen LogP contribution in [-0.2, 0) is 9.59 Å². The number of carbonyl (C=O) groups is 2. The van der Waals surface area contributed by atoms with Crippen molar-refractivity contribution in [3.8, 4) is 0 Å². The van der Waals surface area contributed by atoms with Gasteiger partial charge >= 0.3 is 0 Å². The molecule has 0 aromatic carbocycles. The minimum Gasteiger partial charge on any atom is -0.369 e. The molecular weight excluding hydrogens is 254 g/mol. The van der Waals surface area contributed by atoms with Gasteiger partial charge in [0.1, 0.15) is 0 Å². The van der Waals surface area contributed by atoms with Gasteiger partial charge in [-0.3, -0.25) is 9.59 Å². The van der Waals surface area contributed by atoms with Crippen molar-refractivity contribution in [2.24, 2.45) is 17.1 Å². The third-order valence-corrected chi connectivity index (χ3v) is 4.84. The number of piperidine rings is 2. The number of likely N-dealkylation sites (tertiary alicyclic amines) is 1. The first-order valence-electron chi connectivity index (χ1n) is 7.88. The molecule has 1 atom stereocenters. The van der Waals surface area contributed by atoms with Gasteiger partial charge in [-0.2, -0.15) is 0 Å². The standard InChI is InChI=1S/C15H27N3O2/c1-2-6-15(7-3-8-17-11-15)14(20)18-9-4-12(5-10-18)13(16)19/h12,17H,2-11H2,1H3,(H2,16,19). The summed E-state index contributed by atoms with van der Waals surface area (Å²) < 4.78 is 0. The van der Waals surface area contributed by atoms with Crippen LogP contribution >= 0.6 is 0 Å². The van der Waals surface area contributed by atoms with Crippen molar-refractivity contribution in [1.29, 1.82) is 0 Å². The van der Waals surface area contributed by atoms with E-state index in [-0.39, 0.29) is 23.1 Å². The first-order valence-corrected chi connectivity index (χ1v) is 7.88. The molecule has 2 amide bonds. The van der Waals surface area contributed by atoms with Gasteiger partial charge in [0.15, 0.2) is 0 Å². The summed E-state index contributed by atoms with van der Waals surface area (Å²) in [5.74, 6) is 0.0137. The maximum absolute atomic E-state index is 12.9. The number of carbonyl (C=O) groups excluding carboxylic acids is 2. The van der Waals surface area contributed by atoms with Crippen LogP contribution in [0.25, 0.3) is 0 Å². The van der Waals surface area contributed by atoms with Gasteiger partial charge in [-0.1, -0.05) is 13.3 Å². The highest BCUT2D eigenvalue weighted by molar-refractivity contribution is 5.84. The van der Waals surface area contributed by atoms with E-state index in [1.165, 1.54) is 0 Å². The van der Waals surface area contributed by atoms with Crippen LogP contribution in [0.1, 0.15) is 45.4 Å². The summed E-state index contributed by atoms with van der Waals surface area (Å²) in [6.07, 6.45) is 5.49. The second kappa shape index (κ2) is 6.57. The highest BCUT2D eigenvalue weighted by atomic mass is 16.2. The first kappa shape index (κ1) is 15.3. The molecule has 1 unspecified atom stereocenters. The van der Waals surface area contributed by atoms with Gasteiger partial charge in [0.25, 0.3) is 0 Å². The molecule has 0 aromatic rings. The molecule has 2 aliphatic rings. The van der Waals surface area contributed by atoms with Crippen LogP contribution in [0.2, 0.25) is 0 Å². The molecule has 0 saturated carbocycles. The number of hydrogen-bond acceptors (Lipinski definition) is 3. The summed E-state index contributed by atoms with van der Waals surface area (Å²) in [5, 5.41) is 3.39. The van der Waals surface area contributed by atoms with Gasteiger partial charge in [-0.05, 0) is 38.6 Å². The third kappa shape index (κ3) is 3.14. The van der Waals surface area contributed by atoms with E-state index >= 15 is 0 Å². The monoisotopic (exact) mass is 281 g/mol. The van der Waals surface area contributed by atoms with E-state index < -0.39 is 0 Å². The van der Waals surface area contributed by atoms with Crippen molar-refractivity contribution in [2.75, 3.05) is 26.2 Å². The Morgan fingerprint density at radius 2 is 2.05 bits per heavy atom. The van der Waals surface area contributed by atoms with E-state index in [4.69, 9.17) is 5.73 Å². The van der Waals surface area contributed by atoms with Crippen molar-refractivity contribution < 1.29 is 9.59 Å². The molecule has 0 radical (unpaired) electrons. The number of amides is 2. The Balaban J connectivity index is 2.00.